The van der Waals surface area contributed by atoms with Crippen LogP contribution in [-0.2, 0) is 0 Å². The fraction of sp³-hybridized carbons (Fsp3) is 0.308. The molecule has 0 spiro atoms. The lowest BCUT2D eigenvalue weighted by atomic mass is 9.86. The Morgan fingerprint density at radius 1 is 0.470 bits per heavy atom. The molecule has 0 amide bonds. The van der Waals surface area contributed by atoms with Crippen molar-refractivity contribution in [2.24, 2.45) is 11.8 Å². The number of pyridine rings is 2. The van der Waals surface area contributed by atoms with E-state index >= 15 is 0 Å². The molecule has 6 heterocycles. The van der Waals surface area contributed by atoms with Crippen molar-refractivity contribution in [3.05, 3.63) is 89.3 Å². The van der Waals surface area contributed by atoms with Gasteiger partial charge in [0.05, 0.1) is 59.3 Å². The first-order valence-electron chi connectivity index (χ1n) is 22.9. The molecule has 2 aliphatic heterocycles. The van der Waals surface area contributed by atoms with Crippen LogP contribution in [-0.4, -0.2) is 45.2 Å². The molecule has 2 aliphatic rings. The van der Waals surface area contributed by atoms with E-state index in [-0.39, 0.29) is 23.0 Å². The van der Waals surface area contributed by atoms with E-state index in [1.165, 1.54) is 12.8 Å². The lowest BCUT2D eigenvalue weighted by Gasteiger charge is -2.21. The van der Waals surface area contributed by atoms with E-state index < -0.39 is 0 Å². The van der Waals surface area contributed by atoms with E-state index in [2.05, 4.69) is 13.8 Å². The maximum absolute atomic E-state index is 14.9. The second kappa shape index (κ2) is 15.0. The molecule has 0 saturated heterocycles. The van der Waals surface area contributed by atoms with Crippen molar-refractivity contribution in [3.8, 4) is 23.0 Å². The second-order valence-corrected chi connectivity index (χ2v) is 19.9. The first-order valence-corrected chi connectivity index (χ1v) is 24.4. The Hall–Kier alpha value is -5.52. The number of hydrogen-bond donors (Lipinski definition) is 0. The first kappa shape index (κ1) is 40.7. The molecular formula is C52H40Cl4N4O6. The van der Waals surface area contributed by atoms with Crippen molar-refractivity contribution in [2.45, 2.75) is 65.2 Å². The van der Waals surface area contributed by atoms with E-state index in [0.29, 0.717) is 168 Å². The van der Waals surface area contributed by atoms with Crippen molar-refractivity contribution >= 4 is 144 Å². The molecule has 4 aromatic heterocycles. The summed E-state index contributed by atoms with van der Waals surface area (Å²) in [5.41, 5.74) is 2.59. The second-order valence-electron chi connectivity index (χ2n) is 18.3. The minimum atomic E-state index is -0.300. The van der Waals surface area contributed by atoms with E-state index in [1.54, 1.807) is 20.9 Å². The topological polar surface area (TPSA) is 106 Å². The number of benzene rings is 7. The molecule has 13 rings (SSSR count). The summed E-state index contributed by atoms with van der Waals surface area (Å²) in [5, 5.41) is 8.25. The van der Waals surface area contributed by atoms with Gasteiger partial charge in [-0.2, -0.15) is 0 Å². The molecule has 10 nitrogen and oxygen atoms in total. The zero-order valence-electron chi connectivity index (χ0n) is 36.0. The fourth-order valence-corrected chi connectivity index (χ4v) is 12.3. The number of hydrogen-bond acceptors (Lipinski definition) is 8. The Kier molecular flexibility index (Phi) is 9.25. The molecule has 0 saturated carbocycles. The third kappa shape index (κ3) is 5.68. The van der Waals surface area contributed by atoms with Gasteiger partial charge in [-0.25, -0.2) is 9.97 Å². The molecule has 332 valence electrons. The molecule has 11 aromatic rings. The van der Waals surface area contributed by atoms with Crippen LogP contribution in [0.3, 0.4) is 0 Å². The highest BCUT2D eigenvalue weighted by Crippen LogP contribution is 2.54. The standard InChI is InChI=1S/C52H40Cl4N4O6/c1-3-5-7-9-23-19-63-37-15-33-35(17-39(37)65-21-23)59-49(57-33)25-11-29(53)43-46-32(56)14-28-42-26(12-30(54)44(48(42)46)45-31(55)13-27(51(59)61)41(25)47(43)45)50-58-34-16-38-40(18-36(34)60(50)52(28)62)66-22-24(20-64-38)10-8-6-4-2/h11-18,23-24H,3-10,19-22H2,1-2H3. The predicted octanol–water partition coefficient (Wildman–Crippen LogP) is 13.8. The number of rotatable bonds is 8. The minimum Gasteiger partial charge on any atom is -0.489 e. The van der Waals surface area contributed by atoms with Crippen molar-refractivity contribution in [3.63, 3.8) is 0 Å². The highest BCUT2D eigenvalue weighted by Gasteiger charge is 2.31. The first-order chi connectivity index (χ1) is 32.1. The monoisotopic (exact) mass is 956 g/mol. The van der Waals surface area contributed by atoms with Gasteiger partial charge >= 0.3 is 0 Å². The SMILES string of the molecule is CCCCCC1COc2cc3nc4c5cc(Cl)c6c7c(Cl)cc8c(=O)n9c%10cc%11c(cc%10nc9c9cc(Cl)c(c%10c(Cl)cc(c(=O)n4c3cc2OC1)c5c%106)c7c89)OCC(CCCCC)CO%11. The number of unbranched alkanes of at least 4 members (excludes halogenated alkanes) is 4. The van der Waals surface area contributed by atoms with Gasteiger partial charge in [-0.15, -0.1) is 0 Å². The summed E-state index contributed by atoms with van der Waals surface area (Å²) < 4.78 is 28.5. The molecule has 14 heteroatoms. The van der Waals surface area contributed by atoms with Gasteiger partial charge in [-0.3, -0.25) is 18.4 Å². The predicted molar refractivity (Wildman–Crippen MR) is 267 cm³/mol. The minimum absolute atomic E-state index is 0.266. The Balaban J connectivity index is 1.04. The highest BCUT2D eigenvalue weighted by atomic mass is 35.5. The van der Waals surface area contributed by atoms with Gasteiger partial charge < -0.3 is 18.9 Å². The average Bonchev–Trinajstić information content (AvgIpc) is 3.72. The Morgan fingerprint density at radius 3 is 1.18 bits per heavy atom. The zero-order chi connectivity index (χ0) is 44.9. The van der Waals surface area contributed by atoms with Crippen molar-refractivity contribution in [1.82, 2.24) is 18.8 Å². The molecular weight excluding hydrogens is 918 g/mol. The van der Waals surface area contributed by atoms with Gasteiger partial charge in [-0.05, 0) is 37.1 Å². The molecule has 0 fully saturated rings. The summed E-state index contributed by atoms with van der Waals surface area (Å²) in [5.74, 6) is 2.86. The number of fused-ring (bicyclic) bond motifs is 12. The van der Waals surface area contributed by atoms with Gasteiger partial charge in [0.25, 0.3) is 11.1 Å². The summed E-state index contributed by atoms with van der Waals surface area (Å²) in [7, 11) is 0. The molecule has 0 aliphatic carbocycles. The van der Waals surface area contributed by atoms with Crippen LogP contribution < -0.4 is 30.1 Å². The van der Waals surface area contributed by atoms with Gasteiger partial charge in [-0.1, -0.05) is 98.8 Å². The maximum atomic E-state index is 14.9. The van der Waals surface area contributed by atoms with Crippen LogP contribution in [0, 0.1) is 11.8 Å². The summed E-state index contributed by atoms with van der Waals surface area (Å²) in [6.07, 6.45) is 8.92. The van der Waals surface area contributed by atoms with Crippen LogP contribution in [0.1, 0.15) is 65.2 Å². The maximum Gasteiger partial charge on any atom is 0.264 e. The third-order valence-corrected chi connectivity index (χ3v) is 15.4. The smallest absolute Gasteiger partial charge is 0.264 e. The largest absolute Gasteiger partial charge is 0.489 e. The highest BCUT2D eigenvalue weighted by molar-refractivity contribution is 6.56. The van der Waals surface area contributed by atoms with Crippen LogP contribution in [0.5, 0.6) is 23.0 Å². The lowest BCUT2D eigenvalue weighted by Crippen LogP contribution is -2.16. The molecule has 7 aromatic carbocycles. The van der Waals surface area contributed by atoms with E-state index in [9.17, 15) is 9.59 Å². The number of nitrogens with zero attached hydrogens (tertiary/aromatic N) is 4. The van der Waals surface area contributed by atoms with Gasteiger partial charge in [0.2, 0.25) is 0 Å². The lowest BCUT2D eigenvalue weighted by molar-refractivity contribution is 0.202. The number of halogens is 4. The molecule has 66 heavy (non-hydrogen) atoms. The summed E-state index contributed by atoms with van der Waals surface area (Å²) in [6, 6.07) is 14.5. The number of aromatic nitrogens is 4. The zero-order valence-corrected chi connectivity index (χ0v) is 39.0. The van der Waals surface area contributed by atoms with Gasteiger partial charge in [0.1, 0.15) is 11.3 Å². The van der Waals surface area contributed by atoms with E-state index in [4.69, 9.17) is 75.3 Å². The molecule has 2 atom stereocenters. The third-order valence-electron chi connectivity index (χ3n) is 14.2. The normalized spacial score (nSPS) is 16.9. The molecule has 0 N–H and O–H groups in total. The van der Waals surface area contributed by atoms with Gasteiger partial charge in [0.15, 0.2) is 23.0 Å². The fourth-order valence-electron chi connectivity index (χ4n) is 11.1. The Morgan fingerprint density at radius 2 is 0.818 bits per heavy atom. The summed E-state index contributed by atoms with van der Waals surface area (Å²) in [6.45, 7) is 6.53. The van der Waals surface area contributed by atoms with Crippen LogP contribution in [0.4, 0.5) is 0 Å². The van der Waals surface area contributed by atoms with Gasteiger partial charge in [0, 0.05) is 110 Å². The molecule has 0 radical (unpaired) electrons. The Bertz CT molecular complexity index is 3720. The Labute approximate surface area is 395 Å². The number of imidazole rings is 2. The van der Waals surface area contributed by atoms with Crippen molar-refractivity contribution < 1.29 is 18.9 Å². The summed E-state index contributed by atoms with van der Waals surface area (Å²) >= 11 is 29.7. The average molecular weight is 959 g/mol. The molecule has 2 unspecified atom stereocenters. The molecule has 0 bridgehead atoms. The van der Waals surface area contributed by atoms with E-state index in [1.807, 2.05) is 36.4 Å². The van der Waals surface area contributed by atoms with E-state index in [0.717, 1.165) is 38.5 Å². The van der Waals surface area contributed by atoms with Crippen molar-refractivity contribution in [1.29, 1.82) is 0 Å². The van der Waals surface area contributed by atoms with Crippen LogP contribution in [0.25, 0.3) is 98.0 Å². The van der Waals surface area contributed by atoms with Crippen LogP contribution >= 0.6 is 46.4 Å². The summed E-state index contributed by atoms with van der Waals surface area (Å²) in [4.78, 5) is 40.0. The van der Waals surface area contributed by atoms with Crippen molar-refractivity contribution in [2.75, 3.05) is 26.4 Å². The van der Waals surface area contributed by atoms with Crippen LogP contribution in [0.2, 0.25) is 20.1 Å². The quantitative estimate of drug-likeness (QED) is 0.0842. The van der Waals surface area contributed by atoms with Crippen LogP contribution in [0.15, 0.2) is 58.1 Å². The number of ether oxygens (including phenoxy) is 4.